The van der Waals surface area contributed by atoms with Crippen molar-refractivity contribution < 1.29 is 4.79 Å². The third-order valence-electron chi connectivity index (χ3n) is 3.42. The molecule has 0 aliphatic carbocycles. The van der Waals surface area contributed by atoms with E-state index in [0.29, 0.717) is 6.54 Å². The van der Waals surface area contributed by atoms with E-state index in [4.69, 9.17) is 0 Å². The number of hydrogen-bond acceptors (Lipinski definition) is 2. The molecule has 0 aliphatic heterocycles. The predicted octanol–water partition coefficient (Wildman–Crippen LogP) is 2.80. The molecule has 0 saturated carbocycles. The second-order valence-corrected chi connectivity index (χ2v) is 5.05. The van der Waals surface area contributed by atoms with Crippen LogP contribution in [0, 0.1) is 6.92 Å². The van der Waals surface area contributed by atoms with E-state index >= 15 is 0 Å². The van der Waals surface area contributed by atoms with Gasteiger partial charge >= 0.3 is 0 Å². The van der Waals surface area contributed by atoms with Gasteiger partial charge in [0, 0.05) is 37.9 Å². The molecule has 0 aromatic carbocycles. The van der Waals surface area contributed by atoms with Crippen molar-refractivity contribution in [2.75, 3.05) is 7.05 Å². The highest BCUT2D eigenvalue weighted by atomic mass is 16.2. The zero-order chi connectivity index (χ0) is 14.5. The van der Waals surface area contributed by atoms with Gasteiger partial charge in [0.05, 0.1) is 0 Å². The fourth-order valence-corrected chi connectivity index (χ4v) is 2.38. The number of pyridine rings is 1. The first-order valence-corrected chi connectivity index (χ1v) is 6.90. The first kappa shape index (κ1) is 14.3. The van der Waals surface area contributed by atoms with E-state index < -0.39 is 0 Å². The lowest BCUT2D eigenvalue weighted by Crippen LogP contribution is -2.33. The van der Waals surface area contributed by atoms with Gasteiger partial charge in [-0.15, -0.1) is 0 Å². The van der Waals surface area contributed by atoms with E-state index in [1.54, 1.807) is 11.1 Å². The van der Waals surface area contributed by atoms with Gasteiger partial charge in [-0.1, -0.05) is 6.92 Å². The molecule has 0 aliphatic rings. The summed E-state index contributed by atoms with van der Waals surface area (Å²) in [5.41, 5.74) is 2.08. The highest BCUT2D eigenvalue weighted by Crippen LogP contribution is 2.16. The van der Waals surface area contributed by atoms with Gasteiger partial charge in [0.2, 0.25) is 5.91 Å². The number of amides is 1. The summed E-state index contributed by atoms with van der Waals surface area (Å²) in [6.45, 7) is 4.60. The summed E-state index contributed by atoms with van der Waals surface area (Å²) in [4.78, 5) is 18.5. The lowest BCUT2D eigenvalue weighted by molar-refractivity contribution is -0.134. The number of rotatable bonds is 5. The van der Waals surface area contributed by atoms with Crippen LogP contribution in [0.15, 0.2) is 42.9 Å². The zero-order valence-electron chi connectivity index (χ0n) is 12.3. The third-order valence-corrected chi connectivity index (χ3v) is 3.42. The Bertz CT molecular complexity index is 563. The van der Waals surface area contributed by atoms with E-state index in [2.05, 4.69) is 4.98 Å². The number of aryl methyl sites for hydroxylation is 1. The van der Waals surface area contributed by atoms with Crippen LogP contribution in [-0.4, -0.2) is 27.4 Å². The van der Waals surface area contributed by atoms with Crippen LogP contribution in [-0.2, 0) is 11.3 Å². The van der Waals surface area contributed by atoms with Crippen molar-refractivity contribution in [1.82, 2.24) is 14.5 Å². The van der Waals surface area contributed by atoms with Crippen molar-refractivity contribution in [3.05, 3.63) is 54.1 Å². The molecule has 0 bridgehead atoms. The maximum atomic E-state index is 12.6. The Morgan fingerprint density at radius 3 is 2.70 bits per heavy atom. The first-order chi connectivity index (χ1) is 9.61. The standard InChI is InChI=1S/C16H21N3O/c1-4-15(19-9-5-6-10-19)16(20)18(3)12-14-7-8-17-13(2)11-14/h5-11,15H,4,12H2,1-3H3. The molecule has 1 atom stereocenters. The third kappa shape index (κ3) is 3.26. The number of likely N-dealkylation sites (N-methyl/N-ethyl adjacent to an activating group) is 1. The molecule has 2 aromatic rings. The van der Waals surface area contributed by atoms with Gasteiger partial charge in [-0.3, -0.25) is 9.78 Å². The highest BCUT2D eigenvalue weighted by molar-refractivity contribution is 5.80. The van der Waals surface area contributed by atoms with Crippen molar-refractivity contribution >= 4 is 5.91 Å². The van der Waals surface area contributed by atoms with E-state index in [-0.39, 0.29) is 11.9 Å². The number of aromatic nitrogens is 2. The van der Waals surface area contributed by atoms with Crippen LogP contribution in [0.5, 0.6) is 0 Å². The van der Waals surface area contributed by atoms with Crippen LogP contribution in [0.3, 0.4) is 0 Å². The van der Waals surface area contributed by atoms with Crippen LogP contribution in [0.4, 0.5) is 0 Å². The summed E-state index contributed by atoms with van der Waals surface area (Å²) in [7, 11) is 1.85. The van der Waals surface area contributed by atoms with Gasteiger partial charge in [-0.05, 0) is 43.2 Å². The highest BCUT2D eigenvalue weighted by Gasteiger charge is 2.21. The Hall–Kier alpha value is -2.10. The molecule has 4 nitrogen and oxygen atoms in total. The molecule has 2 aromatic heterocycles. The van der Waals surface area contributed by atoms with Crippen LogP contribution in [0.1, 0.15) is 30.6 Å². The number of carbonyl (C=O) groups is 1. The number of carbonyl (C=O) groups excluding carboxylic acids is 1. The molecule has 1 amide bonds. The molecule has 2 rings (SSSR count). The number of hydrogen-bond donors (Lipinski definition) is 0. The van der Waals surface area contributed by atoms with Crippen molar-refractivity contribution in [1.29, 1.82) is 0 Å². The van der Waals surface area contributed by atoms with Gasteiger partial charge in [-0.25, -0.2) is 0 Å². The summed E-state index contributed by atoms with van der Waals surface area (Å²) in [6, 6.07) is 7.73. The lowest BCUT2D eigenvalue weighted by Gasteiger charge is -2.24. The Labute approximate surface area is 120 Å². The van der Waals surface area contributed by atoms with E-state index in [1.165, 1.54) is 0 Å². The zero-order valence-corrected chi connectivity index (χ0v) is 12.3. The number of nitrogens with zero attached hydrogens (tertiary/aromatic N) is 3. The second kappa shape index (κ2) is 6.37. The first-order valence-electron chi connectivity index (χ1n) is 6.90. The van der Waals surface area contributed by atoms with Gasteiger partial charge in [0.1, 0.15) is 6.04 Å². The van der Waals surface area contributed by atoms with Crippen molar-refractivity contribution in [3.63, 3.8) is 0 Å². The summed E-state index contributed by atoms with van der Waals surface area (Å²) >= 11 is 0. The van der Waals surface area contributed by atoms with Gasteiger partial charge < -0.3 is 9.47 Å². The summed E-state index contributed by atoms with van der Waals surface area (Å²) in [5.74, 6) is 0.137. The molecular weight excluding hydrogens is 250 g/mol. The Morgan fingerprint density at radius 2 is 2.10 bits per heavy atom. The maximum absolute atomic E-state index is 12.6. The van der Waals surface area contributed by atoms with Crippen molar-refractivity contribution in [2.45, 2.75) is 32.9 Å². The Kier molecular flexibility index (Phi) is 4.56. The Balaban J connectivity index is 2.08. The minimum absolute atomic E-state index is 0.127. The van der Waals surface area contributed by atoms with Gasteiger partial charge in [-0.2, -0.15) is 0 Å². The average molecular weight is 271 g/mol. The van der Waals surface area contributed by atoms with E-state index in [1.807, 2.05) is 62.1 Å². The molecule has 0 radical (unpaired) electrons. The van der Waals surface area contributed by atoms with E-state index in [9.17, 15) is 4.79 Å². The quantitative estimate of drug-likeness (QED) is 0.838. The molecule has 2 heterocycles. The van der Waals surface area contributed by atoms with Gasteiger partial charge in [0.15, 0.2) is 0 Å². The summed E-state index contributed by atoms with van der Waals surface area (Å²) in [5, 5.41) is 0. The topological polar surface area (TPSA) is 38.1 Å². The predicted molar refractivity (Wildman–Crippen MR) is 79.2 cm³/mol. The largest absolute Gasteiger partial charge is 0.342 e. The fraction of sp³-hybridized carbons (Fsp3) is 0.375. The lowest BCUT2D eigenvalue weighted by atomic mass is 10.1. The summed E-state index contributed by atoms with van der Waals surface area (Å²) < 4.78 is 1.97. The average Bonchev–Trinajstić information content (AvgIpc) is 2.93. The Morgan fingerprint density at radius 1 is 1.40 bits per heavy atom. The molecule has 0 saturated heterocycles. The van der Waals surface area contributed by atoms with Crippen LogP contribution >= 0.6 is 0 Å². The minimum atomic E-state index is -0.127. The normalized spacial score (nSPS) is 12.2. The smallest absolute Gasteiger partial charge is 0.245 e. The maximum Gasteiger partial charge on any atom is 0.245 e. The summed E-state index contributed by atoms with van der Waals surface area (Å²) in [6.07, 6.45) is 6.45. The molecule has 0 fully saturated rings. The second-order valence-electron chi connectivity index (χ2n) is 5.05. The molecular formula is C16H21N3O. The van der Waals surface area contributed by atoms with Crippen LogP contribution < -0.4 is 0 Å². The SMILES string of the molecule is CCC(C(=O)N(C)Cc1ccnc(C)c1)n1cccc1. The molecule has 0 N–H and O–H groups in total. The molecule has 4 heteroatoms. The monoisotopic (exact) mass is 271 g/mol. The minimum Gasteiger partial charge on any atom is -0.342 e. The van der Waals surface area contributed by atoms with Gasteiger partial charge in [0.25, 0.3) is 0 Å². The van der Waals surface area contributed by atoms with Crippen molar-refractivity contribution in [3.8, 4) is 0 Å². The molecule has 106 valence electrons. The molecule has 20 heavy (non-hydrogen) atoms. The van der Waals surface area contributed by atoms with Crippen LogP contribution in [0.2, 0.25) is 0 Å². The van der Waals surface area contributed by atoms with E-state index in [0.717, 1.165) is 17.7 Å². The molecule has 1 unspecified atom stereocenters. The fourth-order valence-electron chi connectivity index (χ4n) is 2.38. The molecule has 0 spiro atoms. The van der Waals surface area contributed by atoms with Crippen LogP contribution in [0.25, 0.3) is 0 Å². The van der Waals surface area contributed by atoms with Crippen molar-refractivity contribution in [2.24, 2.45) is 0 Å².